The van der Waals surface area contributed by atoms with Crippen LogP contribution in [-0.2, 0) is 16.1 Å². The Morgan fingerprint density at radius 2 is 1.96 bits per heavy atom. The number of benzene rings is 1. The van der Waals surface area contributed by atoms with Gasteiger partial charge in [0.1, 0.15) is 5.54 Å². The van der Waals surface area contributed by atoms with E-state index in [1.807, 2.05) is 31.2 Å². The molecule has 0 bridgehead atoms. The molecule has 1 unspecified atom stereocenters. The minimum absolute atomic E-state index is 0.00961. The van der Waals surface area contributed by atoms with Crippen LogP contribution in [-0.4, -0.2) is 28.8 Å². The van der Waals surface area contributed by atoms with E-state index in [-0.39, 0.29) is 24.2 Å². The Balaban J connectivity index is 1.60. The van der Waals surface area contributed by atoms with E-state index >= 15 is 0 Å². The van der Waals surface area contributed by atoms with E-state index in [0.717, 1.165) is 24.8 Å². The highest BCUT2D eigenvalue weighted by Gasteiger charge is 2.39. The Labute approximate surface area is 149 Å². The third kappa shape index (κ3) is 4.01. The highest BCUT2D eigenvalue weighted by atomic mass is 16.2. The van der Waals surface area contributed by atoms with Gasteiger partial charge in [-0.3, -0.25) is 9.59 Å². The summed E-state index contributed by atoms with van der Waals surface area (Å²) in [6, 6.07) is 10.4. The summed E-state index contributed by atoms with van der Waals surface area (Å²) in [4.78, 5) is 26.7. The van der Waals surface area contributed by atoms with Crippen LogP contribution in [0.3, 0.4) is 0 Å². The van der Waals surface area contributed by atoms with E-state index in [1.165, 1.54) is 5.56 Å². The minimum Gasteiger partial charge on any atom is -0.338 e. The van der Waals surface area contributed by atoms with Gasteiger partial charge in [0.05, 0.1) is 12.0 Å². The van der Waals surface area contributed by atoms with Crippen molar-refractivity contribution in [1.82, 2.24) is 10.2 Å². The molecular formula is C20H25N3O2. The van der Waals surface area contributed by atoms with Crippen molar-refractivity contribution in [2.45, 2.75) is 57.5 Å². The second kappa shape index (κ2) is 7.26. The predicted molar refractivity (Wildman–Crippen MR) is 94.3 cm³/mol. The van der Waals surface area contributed by atoms with Crippen LogP contribution >= 0.6 is 0 Å². The Hall–Kier alpha value is -2.35. The SMILES string of the molecule is Cc1ccc(CN2CC(C(=O)NC3(C#N)CCCCC3)CC2=O)cc1. The molecule has 0 aromatic heterocycles. The fourth-order valence-corrected chi connectivity index (χ4v) is 3.77. The van der Waals surface area contributed by atoms with Crippen molar-refractivity contribution < 1.29 is 9.59 Å². The van der Waals surface area contributed by atoms with Gasteiger partial charge in [0.25, 0.3) is 0 Å². The van der Waals surface area contributed by atoms with Crippen molar-refractivity contribution in [2.75, 3.05) is 6.54 Å². The molecular weight excluding hydrogens is 314 g/mol. The quantitative estimate of drug-likeness (QED) is 0.916. The number of likely N-dealkylation sites (tertiary alicyclic amines) is 1. The molecule has 0 spiro atoms. The van der Waals surface area contributed by atoms with Gasteiger partial charge in [-0.15, -0.1) is 0 Å². The van der Waals surface area contributed by atoms with Crippen LogP contribution in [0.2, 0.25) is 0 Å². The lowest BCUT2D eigenvalue weighted by Gasteiger charge is -2.32. The zero-order valence-corrected chi connectivity index (χ0v) is 14.8. The van der Waals surface area contributed by atoms with Crippen LogP contribution in [0.1, 0.15) is 49.7 Å². The first kappa shape index (κ1) is 17.5. The van der Waals surface area contributed by atoms with Crippen LogP contribution in [0.15, 0.2) is 24.3 Å². The highest BCUT2D eigenvalue weighted by molar-refractivity contribution is 5.89. The summed E-state index contributed by atoms with van der Waals surface area (Å²) in [7, 11) is 0. The molecule has 2 aliphatic rings. The third-order valence-electron chi connectivity index (χ3n) is 5.36. The molecule has 1 heterocycles. The van der Waals surface area contributed by atoms with Crippen molar-refractivity contribution in [3.63, 3.8) is 0 Å². The fourth-order valence-electron chi connectivity index (χ4n) is 3.77. The molecule has 0 radical (unpaired) electrons. The van der Waals surface area contributed by atoms with Crippen LogP contribution in [0, 0.1) is 24.2 Å². The van der Waals surface area contributed by atoms with E-state index in [2.05, 4.69) is 11.4 Å². The average molecular weight is 339 g/mol. The molecule has 1 aliphatic carbocycles. The number of hydrogen-bond acceptors (Lipinski definition) is 3. The summed E-state index contributed by atoms with van der Waals surface area (Å²) in [6.07, 6.45) is 4.71. The molecule has 1 N–H and O–H groups in total. The van der Waals surface area contributed by atoms with Gasteiger partial charge in [0.2, 0.25) is 11.8 Å². The van der Waals surface area contributed by atoms with E-state index in [1.54, 1.807) is 4.90 Å². The number of hydrogen-bond donors (Lipinski definition) is 1. The molecule has 1 saturated carbocycles. The van der Waals surface area contributed by atoms with Crippen molar-refractivity contribution in [1.29, 1.82) is 5.26 Å². The summed E-state index contributed by atoms with van der Waals surface area (Å²) in [5, 5.41) is 12.5. The van der Waals surface area contributed by atoms with E-state index in [9.17, 15) is 14.9 Å². The molecule has 1 saturated heterocycles. The molecule has 5 nitrogen and oxygen atoms in total. The van der Waals surface area contributed by atoms with Crippen molar-refractivity contribution in [3.05, 3.63) is 35.4 Å². The van der Waals surface area contributed by atoms with Crippen molar-refractivity contribution in [3.8, 4) is 6.07 Å². The number of amides is 2. The third-order valence-corrected chi connectivity index (χ3v) is 5.36. The number of aryl methyl sites for hydroxylation is 1. The van der Waals surface area contributed by atoms with E-state index in [0.29, 0.717) is 25.9 Å². The summed E-state index contributed by atoms with van der Waals surface area (Å²) >= 11 is 0. The second-order valence-electron chi connectivity index (χ2n) is 7.40. The molecule has 2 amide bonds. The lowest BCUT2D eigenvalue weighted by atomic mass is 9.82. The largest absolute Gasteiger partial charge is 0.338 e. The maximum Gasteiger partial charge on any atom is 0.226 e. The van der Waals surface area contributed by atoms with E-state index in [4.69, 9.17) is 0 Å². The van der Waals surface area contributed by atoms with Gasteiger partial charge in [-0.25, -0.2) is 0 Å². The summed E-state index contributed by atoms with van der Waals surface area (Å²) in [6.45, 7) is 2.99. The Kier molecular flexibility index (Phi) is 5.08. The molecule has 1 aromatic carbocycles. The number of carbonyl (C=O) groups excluding carboxylic acids is 2. The van der Waals surface area contributed by atoms with Crippen LogP contribution in [0.5, 0.6) is 0 Å². The number of nitrogens with one attached hydrogen (secondary N) is 1. The van der Waals surface area contributed by atoms with Gasteiger partial charge in [-0.05, 0) is 25.3 Å². The Morgan fingerprint density at radius 3 is 2.60 bits per heavy atom. The maximum absolute atomic E-state index is 12.6. The van der Waals surface area contributed by atoms with Crippen LogP contribution < -0.4 is 5.32 Å². The molecule has 25 heavy (non-hydrogen) atoms. The summed E-state index contributed by atoms with van der Waals surface area (Å²) in [5.74, 6) is -0.497. The van der Waals surface area contributed by atoms with Gasteiger partial charge in [-0.2, -0.15) is 5.26 Å². The first-order chi connectivity index (χ1) is 12.0. The number of carbonyl (C=O) groups is 2. The normalized spacial score (nSPS) is 22.5. The second-order valence-corrected chi connectivity index (χ2v) is 7.40. The van der Waals surface area contributed by atoms with Crippen molar-refractivity contribution >= 4 is 11.8 Å². The standard InChI is InChI=1S/C20H25N3O2/c1-15-5-7-16(8-6-15)12-23-13-17(11-18(23)24)19(25)22-20(14-21)9-3-2-4-10-20/h5-8,17H,2-4,9-13H2,1H3,(H,22,25). The lowest BCUT2D eigenvalue weighted by molar-refractivity contribution is -0.129. The smallest absolute Gasteiger partial charge is 0.226 e. The average Bonchev–Trinajstić information content (AvgIpc) is 2.98. The molecule has 1 aromatic rings. The maximum atomic E-state index is 12.6. The predicted octanol–water partition coefficient (Wildman–Crippen LogP) is 2.69. The van der Waals surface area contributed by atoms with Crippen LogP contribution in [0.4, 0.5) is 0 Å². The number of nitriles is 1. The zero-order valence-electron chi connectivity index (χ0n) is 14.8. The highest BCUT2D eigenvalue weighted by Crippen LogP contribution is 2.29. The summed E-state index contributed by atoms with van der Waals surface area (Å²) in [5.41, 5.74) is 1.52. The van der Waals surface area contributed by atoms with Gasteiger partial charge in [-0.1, -0.05) is 49.1 Å². The topological polar surface area (TPSA) is 73.2 Å². The van der Waals surface area contributed by atoms with Crippen LogP contribution in [0.25, 0.3) is 0 Å². The Bertz CT molecular complexity index is 684. The van der Waals surface area contributed by atoms with Gasteiger partial charge in [0, 0.05) is 19.5 Å². The van der Waals surface area contributed by atoms with Gasteiger partial charge >= 0.3 is 0 Å². The first-order valence-electron chi connectivity index (χ1n) is 9.08. The van der Waals surface area contributed by atoms with Crippen molar-refractivity contribution in [2.24, 2.45) is 5.92 Å². The first-order valence-corrected chi connectivity index (χ1v) is 9.08. The zero-order chi connectivity index (χ0) is 17.9. The summed E-state index contributed by atoms with van der Waals surface area (Å²) < 4.78 is 0. The Morgan fingerprint density at radius 1 is 1.28 bits per heavy atom. The fraction of sp³-hybridized carbons (Fsp3) is 0.550. The van der Waals surface area contributed by atoms with E-state index < -0.39 is 5.54 Å². The molecule has 2 fully saturated rings. The molecule has 1 aliphatic heterocycles. The number of nitrogens with zero attached hydrogens (tertiary/aromatic N) is 2. The molecule has 132 valence electrons. The molecule has 1 atom stereocenters. The van der Waals surface area contributed by atoms with Gasteiger partial charge < -0.3 is 10.2 Å². The molecule has 5 heteroatoms. The lowest BCUT2D eigenvalue weighted by Crippen LogP contribution is -2.51. The molecule has 3 rings (SSSR count). The minimum atomic E-state index is -0.733. The van der Waals surface area contributed by atoms with Gasteiger partial charge in [0.15, 0.2) is 0 Å². The monoisotopic (exact) mass is 339 g/mol. The number of rotatable bonds is 4.